The molecule has 4 rings (SSSR count). The Labute approximate surface area is 186 Å². The Morgan fingerprint density at radius 2 is 2.22 bits per heavy atom. The molecule has 0 spiro atoms. The molecule has 0 saturated carbocycles. The van der Waals surface area contributed by atoms with Crippen LogP contribution in [0, 0.1) is 17.2 Å². The summed E-state index contributed by atoms with van der Waals surface area (Å²) in [4.78, 5) is 21.3. The zero-order chi connectivity index (χ0) is 22.9. The summed E-state index contributed by atoms with van der Waals surface area (Å²) in [6, 6.07) is 9.12. The molecule has 1 aromatic carbocycles. The zero-order valence-corrected chi connectivity index (χ0v) is 17.8. The van der Waals surface area contributed by atoms with Crippen molar-refractivity contribution in [2.75, 3.05) is 11.6 Å². The second-order valence-corrected chi connectivity index (χ2v) is 8.56. The number of amides is 1. The summed E-state index contributed by atoms with van der Waals surface area (Å²) in [5.41, 5.74) is 0.910. The first-order chi connectivity index (χ1) is 15.3. The minimum atomic E-state index is -4.46. The molecule has 1 aliphatic rings. The standard InChI is InChI=1S/C22H19F3N4O2S/c1-13(21(30)29-12-32-11-16(29)8-26)6-14-9-27-19-4-3-17(7-18(14)19)31-20-5-2-15(10-28-20)22(23,24)25/h2-5,7,9-10,13,16,27H,6,11-12H2,1H3/t13-,16-/m0/s1. The number of carbonyl (C=O) groups excluding carboxylic acids is 1. The first-order valence-corrected chi connectivity index (χ1v) is 11.0. The molecule has 2 aromatic heterocycles. The molecule has 1 N–H and O–H groups in total. The number of nitrogens with zero attached hydrogens (tertiary/aromatic N) is 3. The first kappa shape index (κ1) is 22.0. The second-order valence-electron chi connectivity index (χ2n) is 7.56. The van der Waals surface area contributed by atoms with Crippen LogP contribution in [-0.4, -0.2) is 38.4 Å². The molecule has 3 heterocycles. The number of hydrogen-bond donors (Lipinski definition) is 1. The van der Waals surface area contributed by atoms with Crippen LogP contribution in [0.25, 0.3) is 10.9 Å². The van der Waals surface area contributed by atoms with Crippen molar-refractivity contribution in [1.82, 2.24) is 14.9 Å². The molecule has 1 saturated heterocycles. The molecule has 6 nitrogen and oxygen atoms in total. The quantitative estimate of drug-likeness (QED) is 0.581. The van der Waals surface area contributed by atoms with Gasteiger partial charge in [0, 0.05) is 41.0 Å². The number of H-pyrrole nitrogens is 1. The number of nitrogens with one attached hydrogen (secondary N) is 1. The molecular formula is C22H19F3N4O2S. The lowest BCUT2D eigenvalue weighted by Gasteiger charge is -2.22. The van der Waals surface area contributed by atoms with Crippen molar-refractivity contribution in [2.24, 2.45) is 5.92 Å². The Morgan fingerprint density at radius 3 is 2.91 bits per heavy atom. The summed E-state index contributed by atoms with van der Waals surface area (Å²) in [5, 5.41) is 10.1. The van der Waals surface area contributed by atoms with Crippen molar-refractivity contribution < 1.29 is 22.7 Å². The minimum Gasteiger partial charge on any atom is -0.439 e. The maximum atomic E-state index is 12.8. The molecule has 3 aromatic rings. The summed E-state index contributed by atoms with van der Waals surface area (Å²) < 4.78 is 43.7. The topological polar surface area (TPSA) is 82.0 Å². The van der Waals surface area contributed by atoms with E-state index in [0.717, 1.165) is 28.7 Å². The number of rotatable bonds is 5. The molecule has 0 unspecified atom stereocenters. The minimum absolute atomic E-state index is 0.0482. The van der Waals surface area contributed by atoms with E-state index in [2.05, 4.69) is 16.0 Å². The molecule has 1 aliphatic heterocycles. The van der Waals surface area contributed by atoms with Gasteiger partial charge in [-0.15, -0.1) is 11.8 Å². The number of nitriles is 1. The zero-order valence-electron chi connectivity index (χ0n) is 17.0. The molecule has 10 heteroatoms. The fourth-order valence-electron chi connectivity index (χ4n) is 3.59. The highest BCUT2D eigenvalue weighted by Gasteiger charge is 2.32. The molecule has 32 heavy (non-hydrogen) atoms. The van der Waals surface area contributed by atoms with Crippen LogP contribution in [0.15, 0.2) is 42.7 Å². The van der Waals surface area contributed by atoms with Gasteiger partial charge in [-0.05, 0) is 36.2 Å². The van der Waals surface area contributed by atoms with Crippen molar-refractivity contribution in [2.45, 2.75) is 25.6 Å². The van der Waals surface area contributed by atoms with Gasteiger partial charge in [0.15, 0.2) is 0 Å². The van der Waals surface area contributed by atoms with Gasteiger partial charge in [-0.1, -0.05) is 6.92 Å². The van der Waals surface area contributed by atoms with E-state index < -0.39 is 17.8 Å². The number of aromatic amines is 1. The Bertz CT molecular complexity index is 1170. The van der Waals surface area contributed by atoms with Crippen molar-refractivity contribution in [1.29, 1.82) is 5.26 Å². The number of ether oxygens (including phenoxy) is 1. The predicted octanol–water partition coefficient (Wildman–Crippen LogP) is 4.98. The molecule has 166 valence electrons. The van der Waals surface area contributed by atoms with E-state index in [4.69, 9.17) is 4.74 Å². The molecule has 0 radical (unpaired) electrons. The third-order valence-corrected chi connectivity index (χ3v) is 6.30. The average molecular weight is 460 g/mol. The van der Waals surface area contributed by atoms with Gasteiger partial charge in [-0.25, -0.2) is 4.98 Å². The van der Waals surface area contributed by atoms with E-state index in [-0.39, 0.29) is 17.7 Å². The van der Waals surface area contributed by atoms with E-state index in [1.807, 2.05) is 13.1 Å². The van der Waals surface area contributed by atoms with Gasteiger partial charge in [-0.3, -0.25) is 4.79 Å². The highest BCUT2D eigenvalue weighted by molar-refractivity contribution is 7.99. The largest absolute Gasteiger partial charge is 0.439 e. The van der Waals surface area contributed by atoms with Crippen LogP contribution in [0.1, 0.15) is 18.1 Å². The van der Waals surface area contributed by atoms with Gasteiger partial charge >= 0.3 is 6.18 Å². The van der Waals surface area contributed by atoms with E-state index in [9.17, 15) is 23.2 Å². The maximum absolute atomic E-state index is 12.8. The molecule has 0 aliphatic carbocycles. The molecular weight excluding hydrogens is 441 g/mol. The Morgan fingerprint density at radius 1 is 1.41 bits per heavy atom. The highest BCUT2D eigenvalue weighted by Crippen LogP contribution is 2.32. The van der Waals surface area contributed by atoms with Crippen molar-refractivity contribution >= 4 is 28.6 Å². The third-order valence-electron chi connectivity index (χ3n) is 5.29. The maximum Gasteiger partial charge on any atom is 0.417 e. The number of benzene rings is 1. The monoisotopic (exact) mass is 460 g/mol. The smallest absolute Gasteiger partial charge is 0.417 e. The number of halogens is 3. The normalized spacial score (nSPS) is 17.3. The molecule has 1 fully saturated rings. The first-order valence-electron chi connectivity index (χ1n) is 9.85. The fourth-order valence-corrected chi connectivity index (χ4v) is 4.67. The van der Waals surface area contributed by atoms with E-state index >= 15 is 0 Å². The van der Waals surface area contributed by atoms with Gasteiger partial charge in [0.1, 0.15) is 11.8 Å². The SMILES string of the molecule is C[C@@H](Cc1c[nH]c2ccc(Oc3ccc(C(F)(F)F)cn3)cc12)C(=O)N1CSC[C@@H]1C#N. The van der Waals surface area contributed by atoms with Crippen LogP contribution in [0.3, 0.4) is 0 Å². The van der Waals surface area contributed by atoms with Crippen LogP contribution in [0.4, 0.5) is 13.2 Å². The van der Waals surface area contributed by atoms with Crippen molar-refractivity contribution in [3.63, 3.8) is 0 Å². The number of thioether (sulfide) groups is 1. The summed E-state index contributed by atoms with van der Waals surface area (Å²) in [7, 11) is 0. The Balaban J connectivity index is 1.50. The lowest BCUT2D eigenvalue weighted by Crippen LogP contribution is -2.39. The number of aromatic nitrogens is 2. The summed E-state index contributed by atoms with van der Waals surface area (Å²) in [5.74, 6) is 1.24. The number of fused-ring (bicyclic) bond motifs is 1. The van der Waals surface area contributed by atoms with Crippen molar-refractivity contribution in [3.8, 4) is 17.7 Å². The summed E-state index contributed by atoms with van der Waals surface area (Å²) >= 11 is 1.57. The summed E-state index contributed by atoms with van der Waals surface area (Å²) in [6.45, 7) is 1.84. The second kappa shape index (κ2) is 8.74. The van der Waals surface area contributed by atoms with E-state index in [0.29, 0.717) is 23.8 Å². The van der Waals surface area contributed by atoms with Gasteiger partial charge < -0.3 is 14.6 Å². The van der Waals surface area contributed by atoms with E-state index in [1.54, 1.807) is 34.9 Å². The number of carbonyl (C=O) groups is 1. The van der Waals surface area contributed by atoms with Crippen molar-refractivity contribution in [3.05, 3.63) is 53.9 Å². The highest BCUT2D eigenvalue weighted by atomic mass is 32.2. The van der Waals surface area contributed by atoms with Crippen LogP contribution in [0.2, 0.25) is 0 Å². The van der Waals surface area contributed by atoms with Crippen LogP contribution < -0.4 is 4.74 Å². The van der Waals surface area contributed by atoms with Gasteiger partial charge in [-0.2, -0.15) is 18.4 Å². The average Bonchev–Trinajstić information content (AvgIpc) is 3.40. The molecule has 2 atom stereocenters. The summed E-state index contributed by atoms with van der Waals surface area (Å²) in [6.07, 6.45) is -1.43. The lowest BCUT2D eigenvalue weighted by molar-refractivity contribution is -0.138. The lowest BCUT2D eigenvalue weighted by atomic mass is 9.99. The Kier molecular flexibility index (Phi) is 6.02. The van der Waals surface area contributed by atoms with Crippen LogP contribution in [0.5, 0.6) is 11.6 Å². The van der Waals surface area contributed by atoms with Crippen LogP contribution >= 0.6 is 11.8 Å². The fraction of sp³-hybridized carbons (Fsp3) is 0.318. The van der Waals surface area contributed by atoms with Gasteiger partial charge in [0.25, 0.3) is 0 Å². The third kappa shape index (κ3) is 4.53. The Hall–Kier alpha value is -3.19. The number of pyridine rings is 1. The van der Waals surface area contributed by atoms with E-state index in [1.165, 1.54) is 6.07 Å². The van der Waals surface area contributed by atoms with Gasteiger partial charge in [0.2, 0.25) is 11.8 Å². The van der Waals surface area contributed by atoms with Crippen LogP contribution in [-0.2, 0) is 17.4 Å². The molecule has 1 amide bonds. The number of hydrogen-bond acceptors (Lipinski definition) is 5. The van der Waals surface area contributed by atoms with Gasteiger partial charge in [0.05, 0.1) is 17.5 Å². The predicted molar refractivity (Wildman–Crippen MR) is 114 cm³/mol. The molecule has 0 bridgehead atoms. The number of alkyl halides is 3.